The van der Waals surface area contributed by atoms with Gasteiger partial charge in [-0.3, -0.25) is 0 Å². The molecule has 0 spiro atoms. The van der Waals surface area contributed by atoms with E-state index in [1.807, 2.05) is 0 Å². The molecule has 1 saturated carbocycles. The smallest absolute Gasteiger partial charge is 0.312 e. The van der Waals surface area contributed by atoms with Crippen LogP contribution in [0.1, 0.15) is 52.4 Å². The Morgan fingerprint density at radius 1 is 1.15 bits per heavy atom. The van der Waals surface area contributed by atoms with Crippen molar-refractivity contribution < 1.29 is 4.79 Å². The monoisotopic (exact) mass is 281 g/mol. The zero-order valence-corrected chi connectivity index (χ0v) is 13.1. The molecule has 0 aromatic carbocycles. The molecule has 0 radical (unpaired) electrons. The van der Waals surface area contributed by atoms with Crippen molar-refractivity contribution in [1.29, 1.82) is 0 Å². The van der Waals surface area contributed by atoms with Gasteiger partial charge in [0.25, 0.3) is 0 Å². The molecule has 4 heteroatoms. The fourth-order valence-corrected chi connectivity index (χ4v) is 4.22. The third kappa shape index (κ3) is 4.97. The first-order valence-electron chi connectivity index (χ1n) is 8.31. The fraction of sp³-hybridized carbons (Fsp3) is 0.938. The Morgan fingerprint density at radius 2 is 1.75 bits per heavy atom. The second kappa shape index (κ2) is 7.30. The predicted octanol–water partition coefficient (Wildman–Crippen LogP) is 2.58. The summed E-state index contributed by atoms with van der Waals surface area (Å²) in [4.78, 5) is 13.4. The third-order valence-corrected chi connectivity index (χ3v) is 5.06. The van der Waals surface area contributed by atoms with Crippen molar-refractivity contribution in [1.82, 2.24) is 10.2 Å². The summed E-state index contributed by atoms with van der Waals surface area (Å²) in [5.41, 5.74) is 5.18. The molecule has 3 N–H and O–H groups in total. The first-order chi connectivity index (χ1) is 9.52. The molecule has 4 nitrogen and oxygen atoms in total. The van der Waals surface area contributed by atoms with E-state index in [-0.39, 0.29) is 6.03 Å². The molecule has 20 heavy (non-hydrogen) atoms. The van der Waals surface area contributed by atoms with Gasteiger partial charge in [0, 0.05) is 19.1 Å². The molecule has 2 rings (SSSR count). The van der Waals surface area contributed by atoms with Crippen LogP contribution < -0.4 is 11.1 Å². The molecular formula is C16H31N3O. The molecule has 116 valence electrons. The number of carbonyl (C=O) groups is 1. The van der Waals surface area contributed by atoms with Gasteiger partial charge in [-0.25, -0.2) is 4.79 Å². The van der Waals surface area contributed by atoms with E-state index < -0.39 is 0 Å². The lowest BCUT2D eigenvalue weighted by atomic mass is 9.75. The number of hydrogen-bond acceptors (Lipinski definition) is 2. The highest BCUT2D eigenvalue weighted by atomic mass is 16.2. The summed E-state index contributed by atoms with van der Waals surface area (Å²) in [5.74, 6) is 2.75. The van der Waals surface area contributed by atoms with E-state index in [0.29, 0.717) is 6.04 Å². The van der Waals surface area contributed by atoms with Crippen molar-refractivity contribution >= 4 is 6.03 Å². The largest absolute Gasteiger partial charge is 0.352 e. The number of carbonyl (C=O) groups excluding carboxylic acids is 1. The SMILES string of the molecule is C[C@@H]1CC(CCN2CCC(NC(N)=O)CC2)C[C@H](C)C1. The lowest BCUT2D eigenvalue weighted by molar-refractivity contribution is 0.157. The second-order valence-electron chi connectivity index (χ2n) is 7.20. The summed E-state index contributed by atoms with van der Waals surface area (Å²) in [6.45, 7) is 8.24. The van der Waals surface area contributed by atoms with Gasteiger partial charge in [-0.15, -0.1) is 0 Å². The van der Waals surface area contributed by atoms with Crippen LogP contribution in [-0.2, 0) is 0 Å². The van der Waals surface area contributed by atoms with Gasteiger partial charge >= 0.3 is 6.03 Å². The van der Waals surface area contributed by atoms with Crippen LogP contribution in [0.3, 0.4) is 0 Å². The minimum Gasteiger partial charge on any atom is -0.352 e. The van der Waals surface area contributed by atoms with Crippen LogP contribution in [0.25, 0.3) is 0 Å². The molecule has 1 unspecified atom stereocenters. The summed E-state index contributed by atoms with van der Waals surface area (Å²) >= 11 is 0. The van der Waals surface area contributed by atoms with Gasteiger partial charge in [0.15, 0.2) is 0 Å². The average molecular weight is 281 g/mol. The second-order valence-corrected chi connectivity index (χ2v) is 7.20. The zero-order valence-electron chi connectivity index (χ0n) is 13.1. The Morgan fingerprint density at radius 3 is 2.30 bits per heavy atom. The average Bonchev–Trinajstić information content (AvgIpc) is 2.36. The van der Waals surface area contributed by atoms with Gasteiger partial charge in [0.05, 0.1) is 0 Å². The highest BCUT2D eigenvalue weighted by Crippen LogP contribution is 2.34. The number of urea groups is 1. The van der Waals surface area contributed by atoms with E-state index >= 15 is 0 Å². The Labute approximate surface area is 123 Å². The van der Waals surface area contributed by atoms with Crippen molar-refractivity contribution in [2.24, 2.45) is 23.5 Å². The van der Waals surface area contributed by atoms with Crippen LogP contribution >= 0.6 is 0 Å². The number of piperidine rings is 1. The van der Waals surface area contributed by atoms with E-state index in [0.717, 1.165) is 43.7 Å². The van der Waals surface area contributed by atoms with Crippen molar-refractivity contribution in [2.45, 2.75) is 58.4 Å². The fourth-order valence-electron chi connectivity index (χ4n) is 4.22. The topological polar surface area (TPSA) is 58.4 Å². The molecule has 0 aromatic rings. The number of nitrogens with one attached hydrogen (secondary N) is 1. The lowest BCUT2D eigenvalue weighted by Crippen LogP contribution is -2.46. The minimum atomic E-state index is -0.381. The van der Waals surface area contributed by atoms with Crippen molar-refractivity contribution in [3.05, 3.63) is 0 Å². The number of primary amides is 1. The van der Waals surface area contributed by atoms with E-state index in [4.69, 9.17) is 5.73 Å². The molecule has 1 aliphatic heterocycles. The first kappa shape index (κ1) is 15.6. The van der Waals surface area contributed by atoms with Crippen molar-refractivity contribution in [3.8, 4) is 0 Å². The molecular weight excluding hydrogens is 250 g/mol. The Kier molecular flexibility index (Phi) is 5.70. The Bertz CT molecular complexity index is 303. The van der Waals surface area contributed by atoms with Crippen LogP contribution in [0.15, 0.2) is 0 Å². The van der Waals surface area contributed by atoms with Gasteiger partial charge in [0.2, 0.25) is 0 Å². The van der Waals surface area contributed by atoms with Crippen molar-refractivity contribution in [2.75, 3.05) is 19.6 Å². The maximum absolute atomic E-state index is 10.8. The standard InChI is InChI=1S/C16H31N3O/c1-12-9-13(2)11-14(10-12)3-6-19-7-4-15(5-8-19)18-16(17)20/h12-15H,3-11H2,1-2H3,(H3,17,18,20)/t12-,13+,14?. The van der Waals surface area contributed by atoms with Gasteiger partial charge in [-0.2, -0.15) is 0 Å². The number of nitrogens with zero attached hydrogens (tertiary/aromatic N) is 1. The van der Waals surface area contributed by atoms with E-state index in [2.05, 4.69) is 24.1 Å². The summed E-state index contributed by atoms with van der Waals surface area (Å²) in [6.07, 6.45) is 7.69. The molecule has 0 aromatic heterocycles. The van der Waals surface area contributed by atoms with Crippen LogP contribution in [0.5, 0.6) is 0 Å². The summed E-state index contributed by atoms with van der Waals surface area (Å²) in [6, 6.07) is -0.0906. The number of likely N-dealkylation sites (tertiary alicyclic amines) is 1. The molecule has 2 amide bonds. The zero-order chi connectivity index (χ0) is 14.5. The number of nitrogens with two attached hydrogens (primary N) is 1. The Balaban J connectivity index is 1.64. The Hall–Kier alpha value is -0.770. The minimum absolute atomic E-state index is 0.290. The highest BCUT2D eigenvalue weighted by molar-refractivity contribution is 5.71. The number of rotatable bonds is 4. The molecule has 3 atom stereocenters. The molecule has 2 aliphatic rings. The van der Waals surface area contributed by atoms with Crippen molar-refractivity contribution in [3.63, 3.8) is 0 Å². The quantitative estimate of drug-likeness (QED) is 0.832. The molecule has 1 saturated heterocycles. The number of hydrogen-bond donors (Lipinski definition) is 2. The van der Waals surface area contributed by atoms with Crippen LogP contribution in [0.4, 0.5) is 4.79 Å². The lowest BCUT2D eigenvalue weighted by Gasteiger charge is -2.35. The highest BCUT2D eigenvalue weighted by Gasteiger charge is 2.25. The summed E-state index contributed by atoms with van der Waals surface area (Å²) < 4.78 is 0. The summed E-state index contributed by atoms with van der Waals surface area (Å²) in [7, 11) is 0. The van der Waals surface area contributed by atoms with Crippen LogP contribution in [-0.4, -0.2) is 36.6 Å². The van der Waals surface area contributed by atoms with E-state index in [1.165, 1.54) is 32.2 Å². The molecule has 1 heterocycles. The van der Waals surface area contributed by atoms with Gasteiger partial charge in [0.1, 0.15) is 0 Å². The maximum Gasteiger partial charge on any atom is 0.312 e. The van der Waals surface area contributed by atoms with Crippen LogP contribution in [0.2, 0.25) is 0 Å². The normalized spacial score (nSPS) is 33.0. The predicted molar refractivity (Wildman–Crippen MR) is 82.5 cm³/mol. The van der Waals surface area contributed by atoms with E-state index in [1.54, 1.807) is 0 Å². The number of amides is 2. The van der Waals surface area contributed by atoms with Crippen LogP contribution in [0, 0.1) is 17.8 Å². The van der Waals surface area contributed by atoms with Gasteiger partial charge in [-0.05, 0) is 62.8 Å². The third-order valence-electron chi connectivity index (χ3n) is 5.06. The van der Waals surface area contributed by atoms with Gasteiger partial charge < -0.3 is 16.0 Å². The van der Waals surface area contributed by atoms with Gasteiger partial charge in [-0.1, -0.05) is 13.8 Å². The molecule has 0 bridgehead atoms. The van der Waals surface area contributed by atoms with E-state index in [9.17, 15) is 4.79 Å². The summed E-state index contributed by atoms with van der Waals surface area (Å²) in [5, 5.41) is 2.83. The molecule has 2 fully saturated rings. The molecule has 1 aliphatic carbocycles. The first-order valence-corrected chi connectivity index (χ1v) is 8.31. The maximum atomic E-state index is 10.8.